The molecule has 0 heterocycles. The van der Waals surface area contributed by atoms with E-state index < -0.39 is 18.5 Å². The van der Waals surface area contributed by atoms with E-state index in [9.17, 15) is 18.0 Å². The van der Waals surface area contributed by atoms with E-state index >= 15 is 0 Å². The molecule has 1 saturated carbocycles. The van der Waals surface area contributed by atoms with E-state index in [2.05, 4.69) is 5.32 Å². The fourth-order valence-corrected chi connectivity index (χ4v) is 2.55. The summed E-state index contributed by atoms with van der Waals surface area (Å²) in [6, 6.07) is 5.08. The Morgan fingerprint density at radius 3 is 2.57 bits per heavy atom. The lowest BCUT2D eigenvalue weighted by Crippen LogP contribution is -2.28. The number of hydrogen-bond acceptors (Lipinski definition) is 3. The van der Waals surface area contributed by atoms with Gasteiger partial charge in [-0.15, -0.1) is 0 Å². The molecule has 2 rings (SSSR count). The van der Waals surface area contributed by atoms with Gasteiger partial charge in [0, 0.05) is 6.54 Å². The van der Waals surface area contributed by atoms with Crippen LogP contribution < -0.4 is 14.8 Å². The van der Waals surface area contributed by atoms with Crippen LogP contribution in [0.15, 0.2) is 18.2 Å². The van der Waals surface area contributed by atoms with Gasteiger partial charge < -0.3 is 14.8 Å². The summed E-state index contributed by atoms with van der Waals surface area (Å²) in [7, 11) is 1.53. The fraction of sp³-hybridized carbons (Fsp3) is 0.562. The normalized spacial score (nSPS) is 15.5. The second-order valence-corrected chi connectivity index (χ2v) is 5.58. The zero-order valence-electron chi connectivity index (χ0n) is 12.9. The summed E-state index contributed by atoms with van der Waals surface area (Å²) in [6.45, 7) is 0.0138. The van der Waals surface area contributed by atoms with Crippen molar-refractivity contribution in [3.63, 3.8) is 0 Å². The monoisotopic (exact) mass is 331 g/mol. The first kappa shape index (κ1) is 17.4. The molecular formula is C16H20F3NO3. The molecule has 0 unspecified atom stereocenters. The zero-order chi connectivity index (χ0) is 16.9. The molecule has 0 aliphatic heterocycles. The van der Waals surface area contributed by atoms with Crippen molar-refractivity contribution in [1.82, 2.24) is 5.32 Å². The first-order chi connectivity index (χ1) is 10.9. The van der Waals surface area contributed by atoms with Gasteiger partial charge in [0.15, 0.2) is 11.5 Å². The van der Waals surface area contributed by atoms with Gasteiger partial charge >= 0.3 is 6.18 Å². The van der Waals surface area contributed by atoms with Crippen molar-refractivity contribution >= 4 is 5.91 Å². The summed E-state index contributed by atoms with van der Waals surface area (Å²) in [6.07, 6.45) is -1.62. The Morgan fingerprint density at radius 1 is 1.26 bits per heavy atom. The molecule has 0 spiro atoms. The lowest BCUT2D eigenvalue weighted by atomic mass is 10.2. The molecule has 1 amide bonds. The Morgan fingerprint density at radius 2 is 1.96 bits per heavy atom. The number of halogens is 3. The topological polar surface area (TPSA) is 47.6 Å². The summed E-state index contributed by atoms with van der Waals surface area (Å²) in [5, 5.41) is 2.26. The third kappa shape index (κ3) is 5.65. The fourth-order valence-electron chi connectivity index (χ4n) is 2.55. The highest BCUT2D eigenvalue weighted by atomic mass is 19.4. The number of hydrogen-bond donors (Lipinski definition) is 1. The van der Waals surface area contributed by atoms with Crippen LogP contribution in [0.25, 0.3) is 0 Å². The standard InChI is InChI=1S/C16H20F3NO3/c1-22-13-7-6-11(10-20-15(21)9-16(17,18)19)8-14(13)23-12-4-2-3-5-12/h6-8,12H,2-5,9-10H2,1H3,(H,20,21). The minimum atomic E-state index is -4.50. The van der Waals surface area contributed by atoms with Crippen LogP contribution in [0.1, 0.15) is 37.7 Å². The number of carbonyl (C=O) groups is 1. The smallest absolute Gasteiger partial charge is 0.397 e. The van der Waals surface area contributed by atoms with Gasteiger partial charge in [-0.25, -0.2) is 0 Å². The van der Waals surface area contributed by atoms with Crippen molar-refractivity contribution in [2.75, 3.05) is 7.11 Å². The molecule has 23 heavy (non-hydrogen) atoms. The van der Waals surface area contributed by atoms with E-state index in [-0.39, 0.29) is 12.6 Å². The van der Waals surface area contributed by atoms with Crippen LogP contribution in [0.4, 0.5) is 13.2 Å². The summed E-state index contributed by atoms with van der Waals surface area (Å²) in [5.41, 5.74) is 0.661. The van der Waals surface area contributed by atoms with Gasteiger partial charge in [-0.3, -0.25) is 4.79 Å². The number of ether oxygens (including phenoxy) is 2. The number of alkyl halides is 3. The van der Waals surface area contributed by atoms with E-state index in [1.165, 1.54) is 7.11 Å². The summed E-state index contributed by atoms with van der Waals surface area (Å²) in [4.78, 5) is 11.2. The maximum atomic E-state index is 12.1. The number of nitrogens with one attached hydrogen (secondary N) is 1. The van der Waals surface area contributed by atoms with Crippen LogP contribution in [0, 0.1) is 0 Å². The van der Waals surface area contributed by atoms with E-state index in [1.807, 2.05) is 0 Å². The molecule has 0 atom stereocenters. The number of amides is 1. The predicted octanol–water partition coefficient (Wildman–Crippen LogP) is 3.59. The third-order valence-electron chi connectivity index (χ3n) is 3.67. The van der Waals surface area contributed by atoms with Crippen molar-refractivity contribution in [3.05, 3.63) is 23.8 Å². The predicted molar refractivity (Wildman–Crippen MR) is 78.4 cm³/mol. The quantitative estimate of drug-likeness (QED) is 0.867. The van der Waals surface area contributed by atoms with Crippen molar-refractivity contribution in [2.24, 2.45) is 0 Å². The average molecular weight is 331 g/mol. The Hall–Kier alpha value is -1.92. The zero-order valence-corrected chi connectivity index (χ0v) is 12.9. The lowest BCUT2D eigenvalue weighted by Gasteiger charge is -2.17. The van der Waals surface area contributed by atoms with Crippen LogP contribution in [0.2, 0.25) is 0 Å². The maximum Gasteiger partial charge on any atom is 0.397 e. The molecule has 1 aromatic carbocycles. The highest BCUT2D eigenvalue weighted by Crippen LogP contribution is 2.32. The van der Waals surface area contributed by atoms with Crippen molar-refractivity contribution in [1.29, 1.82) is 0 Å². The van der Waals surface area contributed by atoms with Gasteiger partial charge in [-0.2, -0.15) is 13.2 Å². The van der Waals surface area contributed by atoms with Crippen molar-refractivity contribution in [2.45, 2.75) is 50.9 Å². The molecule has 0 bridgehead atoms. The minimum Gasteiger partial charge on any atom is -0.493 e. The van der Waals surface area contributed by atoms with Crippen molar-refractivity contribution in [3.8, 4) is 11.5 Å². The minimum absolute atomic E-state index is 0.0138. The highest BCUT2D eigenvalue weighted by Gasteiger charge is 2.31. The second-order valence-electron chi connectivity index (χ2n) is 5.58. The largest absolute Gasteiger partial charge is 0.493 e. The van der Waals surface area contributed by atoms with Gasteiger partial charge in [-0.05, 0) is 43.4 Å². The Bertz CT molecular complexity index is 540. The molecule has 7 heteroatoms. The Labute approximate surface area is 133 Å². The van der Waals surface area contributed by atoms with Crippen LogP contribution in [-0.2, 0) is 11.3 Å². The molecule has 4 nitrogen and oxygen atoms in total. The highest BCUT2D eigenvalue weighted by molar-refractivity contribution is 5.76. The van der Waals surface area contributed by atoms with Gasteiger partial charge in [0.25, 0.3) is 0 Å². The molecule has 1 aliphatic carbocycles. The molecule has 128 valence electrons. The Balaban J connectivity index is 1.97. The van der Waals surface area contributed by atoms with E-state index in [1.54, 1.807) is 18.2 Å². The van der Waals surface area contributed by atoms with Crippen LogP contribution in [0.3, 0.4) is 0 Å². The number of benzene rings is 1. The molecule has 1 fully saturated rings. The SMILES string of the molecule is COc1ccc(CNC(=O)CC(F)(F)F)cc1OC1CCCC1. The first-order valence-corrected chi connectivity index (χ1v) is 7.54. The summed E-state index contributed by atoms with van der Waals surface area (Å²) < 4.78 is 47.5. The maximum absolute atomic E-state index is 12.1. The number of carbonyl (C=O) groups excluding carboxylic acids is 1. The van der Waals surface area contributed by atoms with Crippen LogP contribution >= 0.6 is 0 Å². The molecule has 0 radical (unpaired) electrons. The molecule has 1 aromatic rings. The van der Waals surface area contributed by atoms with Gasteiger partial charge in [0.1, 0.15) is 6.42 Å². The van der Waals surface area contributed by atoms with Gasteiger partial charge in [-0.1, -0.05) is 6.07 Å². The third-order valence-corrected chi connectivity index (χ3v) is 3.67. The number of rotatable bonds is 6. The van der Waals surface area contributed by atoms with Crippen LogP contribution in [-0.4, -0.2) is 25.3 Å². The second kappa shape index (κ2) is 7.57. The first-order valence-electron chi connectivity index (χ1n) is 7.54. The molecule has 0 saturated heterocycles. The molecule has 1 N–H and O–H groups in total. The molecule has 1 aliphatic rings. The van der Waals surface area contributed by atoms with E-state index in [0.29, 0.717) is 17.1 Å². The molecule has 0 aromatic heterocycles. The van der Waals surface area contributed by atoms with Gasteiger partial charge in [0.2, 0.25) is 5.91 Å². The Kier molecular flexibility index (Phi) is 5.74. The lowest BCUT2D eigenvalue weighted by molar-refractivity contribution is -0.153. The summed E-state index contributed by atoms with van der Waals surface area (Å²) in [5.74, 6) is 0.0795. The summed E-state index contributed by atoms with van der Waals surface area (Å²) >= 11 is 0. The average Bonchev–Trinajstić information content (AvgIpc) is 2.96. The number of methoxy groups -OCH3 is 1. The van der Waals surface area contributed by atoms with Crippen molar-refractivity contribution < 1.29 is 27.4 Å². The van der Waals surface area contributed by atoms with Crippen LogP contribution in [0.5, 0.6) is 11.5 Å². The molecular weight excluding hydrogens is 311 g/mol. The van der Waals surface area contributed by atoms with Gasteiger partial charge in [0.05, 0.1) is 13.2 Å². The van der Waals surface area contributed by atoms with E-state index in [0.717, 1.165) is 25.7 Å². The van der Waals surface area contributed by atoms with E-state index in [4.69, 9.17) is 9.47 Å².